The molecule has 0 aliphatic heterocycles. The number of carbonyl (C=O) groups excluding carboxylic acids is 1. The number of hydrogen-bond donors (Lipinski definition) is 1. The Kier molecular flexibility index (Phi) is 5.30. The van der Waals surface area contributed by atoms with Gasteiger partial charge < -0.3 is 13.9 Å². The number of rotatable bonds is 6. The summed E-state index contributed by atoms with van der Waals surface area (Å²) in [7, 11) is 3.01. The monoisotopic (exact) mass is 375 g/mol. The van der Waals surface area contributed by atoms with Crippen LogP contribution in [0.15, 0.2) is 40.8 Å². The number of carbonyl (C=O) groups is 1. The van der Waals surface area contributed by atoms with Gasteiger partial charge in [0.15, 0.2) is 11.5 Å². The average Bonchev–Trinajstić information content (AvgIpc) is 3.09. The number of nitrogens with one attached hydrogen (secondary N) is 1. The zero-order valence-electron chi connectivity index (χ0n) is 14.5. The number of methoxy groups -OCH3 is 2. The van der Waals surface area contributed by atoms with Gasteiger partial charge in [0, 0.05) is 6.07 Å². The van der Waals surface area contributed by atoms with Gasteiger partial charge in [0.2, 0.25) is 5.91 Å². The molecule has 1 N–H and O–H groups in total. The van der Waals surface area contributed by atoms with Crippen LogP contribution in [0.2, 0.25) is 0 Å². The van der Waals surface area contributed by atoms with Crippen molar-refractivity contribution >= 4 is 11.9 Å². The van der Waals surface area contributed by atoms with E-state index in [1.807, 2.05) is 0 Å². The van der Waals surface area contributed by atoms with Gasteiger partial charge in [-0.1, -0.05) is 11.2 Å². The van der Waals surface area contributed by atoms with E-state index >= 15 is 0 Å². The molecule has 0 aliphatic carbocycles. The summed E-state index contributed by atoms with van der Waals surface area (Å²) in [5.41, 5.74) is 0.610. The molecule has 1 aromatic heterocycles. The van der Waals surface area contributed by atoms with E-state index in [0.717, 1.165) is 6.07 Å². The number of benzene rings is 2. The molecular formula is C18H15F2N3O4. The van der Waals surface area contributed by atoms with Crippen LogP contribution in [0.5, 0.6) is 11.5 Å². The number of amides is 1. The van der Waals surface area contributed by atoms with Gasteiger partial charge in [-0.3, -0.25) is 10.1 Å². The van der Waals surface area contributed by atoms with E-state index in [1.54, 1.807) is 18.2 Å². The van der Waals surface area contributed by atoms with Crippen LogP contribution in [-0.2, 0) is 11.2 Å². The first-order valence-electron chi connectivity index (χ1n) is 7.80. The van der Waals surface area contributed by atoms with E-state index < -0.39 is 17.5 Å². The van der Waals surface area contributed by atoms with Crippen molar-refractivity contribution in [2.45, 2.75) is 6.42 Å². The quantitative estimate of drug-likeness (QED) is 0.712. The molecule has 0 unspecified atom stereocenters. The molecule has 0 saturated carbocycles. The topological polar surface area (TPSA) is 86.5 Å². The van der Waals surface area contributed by atoms with Gasteiger partial charge in [-0.25, -0.2) is 8.78 Å². The minimum Gasteiger partial charge on any atom is -0.493 e. The van der Waals surface area contributed by atoms with Crippen LogP contribution in [0.3, 0.4) is 0 Å². The molecule has 0 aliphatic rings. The highest BCUT2D eigenvalue weighted by atomic mass is 19.1. The van der Waals surface area contributed by atoms with Crippen LogP contribution in [-0.4, -0.2) is 30.3 Å². The summed E-state index contributed by atoms with van der Waals surface area (Å²) in [5, 5.41) is 9.73. The summed E-state index contributed by atoms with van der Waals surface area (Å²) in [6, 6.07) is 7.82. The van der Waals surface area contributed by atoms with Crippen molar-refractivity contribution in [3.63, 3.8) is 0 Å². The summed E-state index contributed by atoms with van der Waals surface area (Å²) in [4.78, 5) is 12.2. The molecule has 3 rings (SSSR count). The van der Waals surface area contributed by atoms with Crippen LogP contribution < -0.4 is 14.8 Å². The van der Waals surface area contributed by atoms with E-state index in [9.17, 15) is 13.6 Å². The van der Waals surface area contributed by atoms with Crippen LogP contribution in [0.25, 0.3) is 11.5 Å². The van der Waals surface area contributed by atoms with Crippen LogP contribution >= 0.6 is 0 Å². The summed E-state index contributed by atoms with van der Waals surface area (Å²) in [5.74, 6) is -1.12. The largest absolute Gasteiger partial charge is 0.493 e. The predicted molar refractivity (Wildman–Crippen MR) is 91.5 cm³/mol. The Labute approximate surface area is 152 Å². The second kappa shape index (κ2) is 7.81. The van der Waals surface area contributed by atoms with Crippen LogP contribution in [0.4, 0.5) is 14.8 Å². The number of halogens is 2. The Morgan fingerprint density at radius 2 is 1.85 bits per heavy atom. The molecule has 0 atom stereocenters. The highest BCUT2D eigenvalue weighted by molar-refractivity contribution is 5.90. The Balaban J connectivity index is 1.69. The first-order valence-corrected chi connectivity index (χ1v) is 7.80. The van der Waals surface area contributed by atoms with Gasteiger partial charge in [0.05, 0.1) is 26.2 Å². The van der Waals surface area contributed by atoms with Gasteiger partial charge in [-0.05, 0) is 29.8 Å². The minimum atomic E-state index is -0.846. The second-order valence-corrected chi connectivity index (χ2v) is 5.45. The molecule has 0 spiro atoms. The summed E-state index contributed by atoms with van der Waals surface area (Å²) < 4.78 is 42.3. The molecule has 27 heavy (non-hydrogen) atoms. The molecule has 0 saturated heterocycles. The molecule has 1 heterocycles. The fraction of sp³-hybridized carbons (Fsp3) is 0.167. The number of nitrogens with zero attached hydrogens (tertiary/aromatic N) is 2. The molecular weight excluding hydrogens is 360 g/mol. The highest BCUT2D eigenvalue weighted by Crippen LogP contribution is 2.28. The van der Waals surface area contributed by atoms with E-state index in [-0.39, 0.29) is 23.9 Å². The summed E-state index contributed by atoms with van der Waals surface area (Å²) >= 11 is 0. The maximum absolute atomic E-state index is 13.8. The average molecular weight is 375 g/mol. The van der Waals surface area contributed by atoms with Gasteiger partial charge in [-0.2, -0.15) is 0 Å². The Hall–Kier alpha value is -3.49. The van der Waals surface area contributed by atoms with Crippen LogP contribution in [0, 0.1) is 11.6 Å². The number of hydrogen-bond acceptors (Lipinski definition) is 6. The molecule has 0 bridgehead atoms. The molecule has 9 heteroatoms. The van der Waals surface area contributed by atoms with Crippen molar-refractivity contribution in [1.29, 1.82) is 0 Å². The van der Waals surface area contributed by atoms with Crippen molar-refractivity contribution in [3.05, 3.63) is 53.6 Å². The Bertz CT molecular complexity index is 975. The lowest BCUT2D eigenvalue weighted by atomic mass is 10.1. The fourth-order valence-corrected chi connectivity index (χ4v) is 2.38. The Morgan fingerprint density at radius 1 is 1.07 bits per heavy atom. The SMILES string of the molecule is COc1ccc(CC(=O)Nc2nnc(-c3ccc(F)cc3F)o2)cc1OC. The fourth-order valence-electron chi connectivity index (χ4n) is 2.38. The standard InChI is InChI=1S/C18H15F2N3O4/c1-25-14-6-3-10(7-15(14)26-2)8-16(24)21-18-23-22-17(27-18)12-5-4-11(19)9-13(12)20/h3-7,9H,8H2,1-2H3,(H,21,23,24). The first-order chi connectivity index (χ1) is 13.0. The van der Waals surface area contributed by atoms with E-state index in [1.165, 1.54) is 20.3 Å². The first kappa shape index (κ1) is 18.3. The molecule has 3 aromatic rings. The minimum absolute atomic E-state index is 0.0168. The van der Waals surface area contributed by atoms with Crippen molar-refractivity contribution in [2.24, 2.45) is 0 Å². The third kappa shape index (κ3) is 4.20. The van der Waals surface area contributed by atoms with Crippen molar-refractivity contribution in [2.75, 3.05) is 19.5 Å². The van der Waals surface area contributed by atoms with Gasteiger partial charge in [-0.15, -0.1) is 5.10 Å². The smallest absolute Gasteiger partial charge is 0.322 e. The van der Waals surface area contributed by atoms with E-state index in [2.05, 4.69) is 15.5 Å². The lowest BCUT2D eigenvalue weighted by molar-refractivity contribution is -0.115. The van der Waals surface area contributed by atoms with Gasteiger partial charge >= 0.3 is 6.01 Å². The Morgan fingerprint density at radius 3 is 2.56 bits per heavy atom. The zero-order valence-corrected chi connectivity index (χ0v) is 14.5. The molecule has 7 nitrogen and oxygen atoms in total. The molecule has 0 fully saturated rings. The lowest BCUT2D eigenvalue weighted by Gasteiger charge is -2.09. The third-order valence-electron chi connectivity index (χ3n) is 3.65. The van der Waals surface area contributed by atoms with Crippen molar-refractivity contribution in [3.8, 4) is 23.0 Å². The normalized spacial score (nSPS) is 10.5. The zero-order chi connectivity index (χ0) is 19.4. The van der Waals surface area contributed by atoms with Gasteiger partial charge in [0.1, 0.15) is 11.6 Å². The molecule has 1 amide bonds. The number of ether oxygens (including phenoxy) is 2. The maximum Gasteiger partial charge on any atom is 0.322 e. The van der Waals surface area contributed by atoms with E-state index in [0.29, 0.717) is 23.1 Å². The number of anilines is 1. The lowest BCUT2D eigenvalue weighted by Crippen LogP contribution is -2.14. The van der Waals surface area contributed by atoms with Crippen LogP contribution in [0.1, 0.15) is 5.56 Å². The molecule has 2 aromatic carbocycles. The maximum atomic E-state index is 13.8. The second-order valence-electron chi connectivity index (χ2n) is 5.45. The van der Waals surface area contributed by atoms with E-state index in [4.69, 9.17) is 13.9 Å². The molecule has 140 valence electrons. The van der Waals surface area contributed by atoms with Crippen molar-refractivity contribution in [1.82, 2.24) is 10.2 Å². The third-order valence-corrected chi connectivity index (χ3v) is 3.65. The summed E-state index contributed by atoms with van der Waals surface area (Å²) in [6.07, 6.45) is 0.0168. The van der Waals surface area contributed by atoms with Gasteiger partial charge in [0.25, 0.3) is 5.89 Å². The number of aromatic nitrogens is 2. The predicted octanol–water partition coefficient (Wildman–Crippen LogP) is 3.21. The van der Waals surface area contributed by atoms with Crippen molar-refractivity contribution < 1.29 is 27.5 Å². The summed E-state index contributed by atoms with van der Waals surface area (Å²) in [6.45, 7) is 0. The molecule has 0 radical (unpaired) electrons. The highest BCUT2D eigenvalue weighted by Gasteiger charge is 2.16.